The van der Waals surface area contributed by atoms with Crippen molar-refractivity contribution in [3.05, 3.63) is 84.4 Å². The Balaban J connectivity index is 0.00000272. The summed E-state index contributed by atoms with van der Waals surface area (Å²) in [5, 5.41) is 6.99. The minimum absolute atomic E-state index is 0. The summed E-state index contributed by atoms with van der Waals surface area (Å²) >= 11 is 0. The molecular formula is C24H31IN6. The number of aliphatic imine (C=N–C) groups is 1. The summed E-state index contributed by atoms with van der Waals surface area (Å²) in [6, 6.07) is 21.4. The van der Waals surface area contributed by atoms with Crippen LogP contribution in [0.5, 0.6) is 0 Å². The Labute approximate surface area is 201 Å². The SMILES string of the molecule is CCNC(=NCc1nccn1Cc1ccccc1)NC1CCN(c2ccccc2)C1.I. The minimum Gasteiger partial charge on any atom is -0.369 e. The van der Waals surface area contributed by atoms with Crippen molar-refractivity contribution in [2.45, 2.75) is 32.5 Å². The Kier molecular flexibility index (Phi) is 8.75. The van der Waals surface area contributed by atoms with Gasteiger partial charge in [-0.2, -0.15) is 0 Å². The summed E-state index contributed by atoms with van der Waals surface area (Å²) < 4.78 is 2.16. The van der Waals surface area contributed by atoms with Gasteiger partial charge in [0.25, 0.3) is 0 Å². The molecule has 6 nitrogen and oxygen atoms in total. The van der Waals surface area contributed by atoms with E-state index < -0.39 is 0 Å². The van der Waals surface area contributed by atoms with Gasteiger partial charge in [0, 0.05) is 50.3 Å². The second-order valence-electron chi connectivity index (χ2n) is 7.56. The van der Waals surface area contributed by atoms with Crippen LogP contribution in [0, 0.1) is 0 Å². The lowest BCUT2D eigenvalue weighted by atomic mass is 10.2. The Hall–Kier alpha value is -2.55. The van der Waals surface area contributed by atoms with Crippen molar-refractivity contribution in [3.63, 3.8) is 0 Å². The normalized spacial score (nSPS) is 16.1. The zero-order valence-corrected chi connectivity index (χ0v) is 20.3. The molecule has 1 saturated heterocycles. The van der Waals surface area contributed by atoms with E-state index in [4.69, 9.17) is 4.99 Å². The highest BCUT2D eigenvalue weighted by Gasteiger charge is 2.23. The molecule has 0 saturated carbocycles. The van der Waals surface area contributed by atoms with Crippen LogP contribution in [0.15, 0.2) is 78.0 Å². The fraction of sp³-hybridized carbons (Fsp3) is 0.333. The maximum absolute atomic E-state index is 4.81. The molecule has 2 N–H and O–H groups in total. The molecule has 4 rings (SSSR count). The Bertz CT molecular complexity index is 941. The van der Waals surface area contributed by atoms with Crippen LogP contribution in [-0.2, 0) is 13.1 Å². The van der Waals surface area contributed by atoms with Crippen molar-refractivity contribution in [2.75, 3.05) is 24.5 Å². The number of benzene rings is 2. The molecular weight excluding hydrogens is 499 g/mol. The second-order valence-corrected chi connectivity index (χ2v) is 7.56. The molecule has 0 amide bonds. The summed E-state index contributed by atoms with van der Waals surface area (Å²) in [6.07, 6.45) is 4.97. The summed E-state index contributed by atoms with van der Waals surface area (Å²) in [6.45, 7) is 6.33. The fourth-order valence-corrected chi connectivity index (χ4v) is 3.83. The maximum Gasteiger partial charge on any atom is 0.191 e. The van der Waals surface area contributed by atoms with E-state index in [-0.39, 0.29) is 24.0 Å². The lowest BCUT2D eigenvalue weighted by Gasteiger charge is -2.20. The molecule has 3 aromatic rings. The van der Waals surface area contributed by atoms with Gasteiger partial charge in [-0.1, -0.05) is 48.5 Å². The molecule has 0 spiro atoms. The average molecular weight is 530 g/mol. The van der Waals surface area contributed by atoms with Crippen LogP contribution in [-0.4, -0.2) is 41.2 Å². The van der Waals surface area contributed by atoms with Crippen LogP contribution in [0.1, 0.15) is 24.7 Å². The molecule has 1 atom stereocenters. The van der Waals surface area contributed by atoms with Gasteiger partial charge in [-0.25, -0.2) is 9.98 Å². The number of anilines is 1. The number of imidazole rings is 1. The van der Waals surface area contributed by atoms with E-state index in [9.17, 15) is 0 Å². The number of hydrogen-bond acceptors (Lipinski definition) is 3. The third-order valence-corrected chi connectivity index (χ3v) is 5.37. The third-order valence-electron chi connectivity index (χ3n) is 5.37. The highest BCUT2D eigenvalue weighted by atomic mass is 127. The number of para-hydroxylation sites is 1. The first-order valence-corrected chi connectivity index (χ1v) is 10.7. The molecule has 31 heavy (non-hydrogen) atoms. The highest BCUT2D eigenvalue weighted by Crippen LogP contribution is 2.19. The van der Waals surface area contributed by atoms with E-state index in [0.29, 0.717) is 12.6 Å². The quantitative estimate of drug-likeness (QED) is 0.277. The van der Waals surface area contributed by atoms with E-state index in [1.807, 2.05) is 18.5 Å². The predicted octanol–water partition coefficient (Wildman–Crippen LogP) is 3.88. The van der Waals surface area contributed by atoms with E-state index in [1.54, 1.807) is 0 Å². The summed E-state index contributed by atoms with van der Waals surface area (Å²) in [5.41, 5.74) is 2.55. The zero-order chi connectivity index (χ0) is 20.6. The summed E-state index contributed by atoms with van der Waals surface area (Å²) in [5.74, 6) is 1.82. The number of nitrogens with one attached hydrogen (secondary N) is 2. The molecule has 164 valence electrons. The van der Waals surface area contributed by atoms with Crippen LogP contribution in [0.2, 0.25) is 0 Å². The van der Waals surface area contributed by atoms with Gasteiger partial charge in [-0.05, 0) is 31.0 Å². The van der Waals surface area contributed by atoms with Crippen LogP contribution in [0.3, 0.4) is 0 Å². The number of rotatable bonds is 7. The summed E-state index contributed by atoms with van der Waals surface area (Å²) in [4.78, 5) is 11.8. The van der Waals surface area contributed by atoms with E-state index in [1.165, 1.54) is 11.3 Å². The fourth-order valence-electron chi connectivity index (χ4n) is 3.83. The number of guanidine groups is 1. The molecule has 1 aliphatic rings. The van der Waals surface area contributed by atoms with Gasteiger partial charge in [-0.3, -0.25) is 0 Å². The molecule has 0 bridgehead atoms. The van der Waals surface area contributed by atoms with E-state index in [2.05, 4.69) is 86.6 Å². The average Bonchev–Trinajstić information content (AvgIpc) is 3.43. The van der Waals surface area contributed by atoms with Crippen molar-refractivity contribution < 1.29 is 0 Å². The van der Waals surface area contributed by atoms with Gasteiger partial charge < -0.3 is 20.1 Å². The molecule has 7 heteroatoms. The molecule has 2 aromatic carbocycles. The van der Waals surface area contributed by atoms with Crippen molar-refractivity contribution in [2.24, 2.45) is 4.99 Å². The first kappa shape index (κ1) is 23.1. The van der Waals surface area contributed by atoms with E-state index >= 15 is 0 Å². The Morgan fingerprint density at radius 3 is 2.58 bits per heavy atom. The molecule has 0 radical (unpaired) electrons. The smallest absolute Gasteiger partial charge is 0.191 e. The number of nitrogens with zero attached hydrogens (tertiary/aromatic N) is 4. The zero-order valence-electron chi connectivity index (χ0n) is 17.9. The first-order chi connectivity index (χ1) is 14.8. The Morgan fingerprint density at radius 1 is 1.10 bits per heavy atom. The number of hydrogen-bond donors (Lipinski definition) is 2. The lowest BCUT2D eigenvalue weighted by Crippen LogP contribution is -2.44. The Morgan fingerprint density at radius 2 is 1.84 bits per heavy atom. The first-order valence-electron chi connectivity index (χ1n) is 10.7. The predicted molar refractivity (Wildman–Crippen MR) is 138 cm³/mol. The minimum atomic E-state index is 0. The number of halogens is 1. The molecule has 1 aliphatic heterocycles. The number of aromatic nitrogens is 2. The molecule has 1 aromatic heterocycles. The molecule has 1 unspecified atom stereocenters. The van der Waals surface area contributed by atoms with Gasteiger partial charge in [0.05, 0.1) is 0 Å². The van der Waals surface area contributed by atoms with Gasteiger partial charge in [0.15, 0.2) is 5.96 Å². The topological polar surface area (TPSA) is 57.5 Å². The van der Waals surface area contributed by atoms with Crippen molar-refractivity contribution in [1.29, 1.82) is 0 Å². The molecule has 0 aliphatic carbocycles. The van der Waals surface area contributed by atoms with Crippen LogP contribution < -0.4 is 15.5 Å². The lowest BCUT2D eigenvalue weighted by molar-refractivity contribution is 0.645. The largest absolute Gasteiger partial charge is 0.369 e. The van der Waals surface area contributed by atoms with Crippen LogP contribution >= 0.6 is 24.0 Å². The second kappa shape index (κ2) is 11.7. The molecule has 2 heterocycles. The van der Waals surface area contributed by atoms with Crippen LogP contribution in [0.4, 0.5) is 5.69 Å². The van der Waals surface area contributed by atoms with E-state index in [0.717, 1.165) is 44.4 Å². The van der Waals surface area contributed by atoms with Crippen LogP contribution in [0.25, 0.3) is 0 Å². The standard InChI is InChI=1S/C24H30N6.HI/c1-2-25-24(28-21-13-15-29(19-21)22-11-7-4-8-12-22)27-17-23-26-14-16-30(23)18-20-9-5-3-6-10-20;/h3-12,14,16,21H,2,13,15,17-19H2,1H3,(H2,25,27,28);1H. The van der Waals surface area contributed by atoms with Crippen molar-refractivity contribution in [1.82, 2.24) is 20.2 Å². The van der Waals surface area contributed by atoms with Crippen molar-refractivity contribution in [3.8, 4) is 0 Å². The van der Waals surface area contributed by atoms with Gasteiger partial charge in [0.2, 0.25) is 0 Å². The van der Waals surface area contributed by atoms with Crippen molar-refractivity contribution >= 4 is 35.6 Å². The third kappa shape index (κ3) is 6.46. The maximum atomic E-state index is 4.81. The monoisotopic (exact) mass is 530 g/mol. The van der Waals surface area contributed by atoms with Gasteiger partial charge >= 0.3 is 0 Å². The van der Waals surface area contributed by atoms with Gasteiger partial charge in [0.1, 0.15) is 12.4 Å². The molecule has 1 fully saturated rings. The highest BCUT2D eigenvalue weighted by molar-refractivity contribution is 14.0. The summed E-state index contributed by atoms with van der Waals surface area (Å²) in [7, 11) is 0. The van der Waals surface area contributed by atoms with Gasteiger partial charge in [-0.15, -0.1) is 24.0 Å².